The minimum Gasteiger partial charge on any atom is -0.369 e. The van der Waals surface area contributed by atoms with E-state index in [1.165, 1.54) is 11.0 Å². The Morgan fingerprint density at radius 1 is 1.26 bits per heavy atom. The Labute approximate surface area is 113 Å². The highest BCUT2D eigenvalue weighted by Crippen LogP contribution is 1.94. The molecular weight excluding hydrogens is 250 g/mol. The zero-order valence-corrected chi connectivity index (χ0v) is 11.7. The predicted molar refractivity (Wildman–Crippen MR) is 71.6 cm³/mol. The fraction of sp³-hybridized carbons (Fsp3) is 0.583. The van der Waals surface area contributed by atoms with Crippen LogP contribution in [0.5, 0.6) is 0 Å². The van der Waals surface area contributed by atoms with Crippen LogP contribution in [0, 0.1) is 5.92 Å². The molecule has 0 unspecified atom stereocenters. The van der Waals surface area contributed by atoms with Crippen molar-refractivity contribution < 1.29 is 19.1 Å². The first-order chi connectivity index (χ1) is 8.70. The van der Waals surface area contributed by atoms with Crippen LogP contribution in [0.25, 0.3) is 0 Å². The van der Waals surface area contributed by atoms with Gasteiger partial charge in [0.2, 0.25) is 17.7 Å². The van der Waals surface area contributed by atoms with Gasteiger partial charge in [-0.05, 0) is 12.0 Å². The van der Waals surface area contributed by atoms with Crippen LogP contribution in [0.3, 0.4) is 0 Å². The van der Waals surface area contributed by atoms with E-state index in [9.17, 15) is 14.4 Å². The van der Waals surface area contributed by atoms with Crippen molar-refractivity contribution in [3.05, 3.63) is 12.7 Å². The van der Waals surface area contributed by atoms with Crippen LogP contribution >= 0.6 is 0 Å². The molecule has 4 N–H and O–H groups in total. The molecule has 0 aromatic rings. The van der Waals surface area contributed by atoms with Gasteiger partial charge < -0.3 is 21.1 Å². The van der Waals surface area contributed by atoms with Crippen molar-refractivity contribution in [2.45, 2.75) is 20.3 Å². The third-order valence-corrected chi connectivity index (χ3v) is 1.64. The molecule has 0 aliphatic heterocycles. The van der Waals surface area contributed by atoms with Gasteiger partial charge in [-0.3, -0.25) is 14.4 Å². The summed E-state index contributed by atoms with van der Waals surface area (Å²) in [7, 11) is 1.68. The summed E-state index contributed by atoms with van der Waals surface area (Å²) in [5.41, 5.74) is 9.11. The van der Waals surface area contributed by atoms with Crippen LogP contribution in [0.1, 0.15) is 20.3 Å². The third-order valence-electron chi connectivity index (χ3n) is 1.64. The highest BCUT2D eigenvalue weighted by atomic mass is 16.5. The topological polar surface area (TPSA) is 116 Å². The summed E-state index contributed by atoms with van der Waals surface area (Å²) in [6.45, 7) is 8.52. The van der Waals surface area contributed by atoms with E-state index in [1.54, 1.807) is 7.05 Å². The quantitative estimate of drug-likeness (QED) is 0.373. The summed E-state index contributed by atoms with van der Waals surface area (Å²) < 4.78 is 5.24. The number of amides is 3. The molecule has 0 rings (SSSR count). The van der Waals surface area contributed by atoms with Gasteiger partial charge in [-0.15, -0.1) is 0 Å². The first-order valence-corrected chi connectivity index (χ1v) is 5.72. The van der Waals surface area contributed by atoms with Crippen LogP contribution in [-0.2, 0) is 19.1 Å². The van der Waals surface area contributed by atoms with Crippen LogP contribution in [0.2, 0.25) is 0 Å². The number of hydrogen-bond acceptors (Lipinski definition) is 4. The minimum atomic E-state index is -0.687. The van der Waals surface area contributed by atoms with Crippen molar-refractivity contribution >= 4 is 17.7 Å². The van der Waals surface area contributed by atoms with Gasteiger partial charge in [0.05, 0.1) is 6.61 Å². The molecule has 0 aromatic carbocycles. The van der Waals surface area contributed by atoms with E-state index in [4.69, 9.17) is 4.74 Å². The average molecular weight is 273 g/mol. The molecule has 19 heavy (non-hydrogen) atoms. The lowest BCUT2D eigenvalue weighted by atomic mass is 10.2. The minimum absolute atomic E-state index is 0.112. The molecule has 0 aromatic heterocycles. The number of ether oxygens (including phenoxy) is 1. The molecule has 3 amide bonds. The van der Waals surface area contributed by atoms with Gasteiger partial charge in [0.1, 0.15) is 13.2 Å². The van der Waals surface area contributed by atoms with Gasteiger partial charge in [0.25, 0.3) is 0 Å². The number of nitrogens with zero attached hydrogens (tertiary/aromatic N) is 1. The maximum Gasteiger partial charge on any atom is 0.247 e. The second-order valence-electron chi connectivity index (χ2n) is 4.24. The molecule has 0 aliphatic rings. The van der Waals surface area contributed by atoms with Crippen LogP contribution in [-0.4, -0.2) is 43.0 Å². The summed E-state index contributed by atoms with van der Waals surface area (Å²) in [6, 6.07) is 0. The fourth-order valence-corrected chi connectivity index (χ4v) is 0.817. The van der Waals surface area contributed by atoms with Crippen molar-refractivity contribution in [3.8, 4) is 0 Å². The number of rotatable bonds is 7. The zero-order valence-electron chi connectivity index (χ0n) is 11.7. The monoisotopic (exact) mass is 273 g/mol. The second-order valence-corrected chi connectivity index (χ2v) is 4.24. The molecule has 0 atom stereocenters. The van der Waals surface area contributed by atoms with Gasteiger partial charge in [0, 0.05) is 7.05 Å². The fourth-order valence-electron chi connectivity index (χ4n) is 0.817. The van der Waals surface area contributed by atoms with Crippen molar-refractivity contribution in [1.29, 1.82) is 0 Å². The molecule has 0 heterocycles. The summed E-state index contributed by atoms with van der Waals surface area (Å²) in [6.07, 6.45) is 0.915. The normalized spacial score (nSPS) is 9.26. The number of primary amides is 2. The molecule has 0 radical (unpaired) electrons. The highest BCUT2D eigenvalue weighted by molar-refractivity contribution is 5.95. The van der Waals surface area contributed by atoms with Gasteiger partial charge in [0.15, 0.2) is 0 Å². The molecule has 0 aliphatic carbocycles. The number of nitrogens with two attached hydrogens (primary N) is 2. The van der Waals surface area contributed by atoms with Gasteiger partial charge in [-0.1, -0.05) is 20.4 Å². The predicted octanol–water partition coefficient (Wildman–Crippen LogP) is -0.392. The summed E-state index contributed by atoms with van der Waals surface area (Å²) in [4.78, 5) is 31.9. The molecule has 0 fully saturated rings. The van der Waals surface area contributed by atoms with Crippen molar-refractivity contribution in [3.63, 3.8) is 0 Å². The van der Waals surface area contributed by atoms with Crippen LogP contribution in [0.4, 0.5) is 0 Å². The molecule has 110 valence electrons. The van der Waals surface area contributed by atoms with Crippen molar-refractivity contribution in [2.24, 2.45) is 17.4 Å². The van der Waals surface area contributed by atoms with Gasteiger partial charge >= 0.3 is 0 Å². The summed E-state index contributed by atoms with van der Waals surface area (Å²) in [5, 5.41) is 0. The molecule has 0 saturated heterocycles. The van der Waals surface area contributed by atoms with Crippen molar-refractivity contribution in [1.82, 2.24) is 4.90 Å². The Morgan fingerprint density at radius 2 is 1.74 bits per heavy atom. The number of carbonyl (C=O) groups excluding carboxylic acids is 3. The zero-order chi connectivity index (χ0) is 15.4. The van der Waals surface area contributed by atoms with Gasteiger partial charge in [-0.25, -0.2) is 0 Å². The maximum atomic E-state index is 10.9. The Kier molecular flexibility index (Phi) is 11.5. The maximum absolute atomic E-state index is 10.9. The molecule has 0 spiro atoms. The number of carbonyl (C=O) groups is 3. The van der Waals surface area contributed by atoms with E-state index >= 15 is 0 Å². The standard InChI is InChI=1S/C9H17NO2.C3H6N2O2/c1-5-9(11)10(4)7-12-6-8(2)3;4-2(6)1-3(5)7/h5,8H,1,6-7H2,2-4H3;1H2,(H2,4,6)(H2,5,7). The Hall–Kier alpha value is -1.89. The SMILES string of the molecule is C=CC(=O)N(C)COCC(C)C.NC(=O)CC(N)=O. The van der Waals surface area contributed by atoms with Crippen LogP contribution in [0.15, 0.2) is 12.7 Å². The Bertz CT molecular complexity index is 304. The first-order valence-electron chi connectivity index (χ1n) is 5.72. The summed E-state index contributed by atoms with van der Waals surface area (Å²) >= 11 is 0. The lowest BCUT2D eigenvalue weighted by molar-refractivity contribution is -0.130. The Morgan fingerprint density at radius 3 is 2.00 bits per heavy atom. The smallest absolute Gasteiger partial charge is 0.247 e. The van der Waals surface area contributed by atoms with Crippen molar-refractivity contribution in [2.75, 3.05) is 20.4 Å². The highest BCUT2D eigenvalue weighted by Gasteiger charge is 2.03. The molecule has 0 bridgehead atoms. The average Bonchev–Trinajstić information content (AvgIpc) is 2.26. The lowest BCUT2D eigenvalue weighted by Crippen LogP contribution is -2.28. The molecule has 0 saturated carbocycles. The Balaban J connectivity index is 0. The largest absolute Gasteiger partial charge is 0.369 e. The van der Waals surface area contributed by atoms with Crippen LogP contribution < -0.4 is 11.5 Å². The molecule has 7 nitrogen and oxygen atoms in total. The van der Waals surface area contributed by atoms with E-state index in [-0.39, 0.29) is 12.3 Å². The van der Waals surface area contributed by atoms with E-state index in [2.05, 4.69) is 31.9 Å². The third kappa shape index (κ3) is 16.1. The second kappa shape index (κ2) is 11.2. The first kappa shape index (κ1) is 19.4. The summed E-state index contributed by atoms with van der Waals surface area (Å²) in [5.74, 6) is -0.990. The lowest BCUT2D eigenvalue weighted by Gasteiger charge is -2.15. The molecular formula is C12H23N3O4. The number of likely N-dealkylation sites (N-methyl/N-ethyl adjacent to an activating group) is 1. The molecule has 7 heteroatoms. The van der Waals surface area contributed by atoms with E-state index in [0.29, 0.717) is 19.3 Å². The number of hydrogen-bond donors (Lipinski definition) is 2. The van der Waals surface area contributed by atoms with Gasteiger partial charge in [-0.2, -0.15) is 0 Å². The van der Waals surface area contributed by atoms with E-state index < -0.39 is 11.8 Å². The van der Waals surface area contributed by atoms with E-state index in [1.807, 2.05) is 0 Å². The van der Waals surface area contributed by atoms with E-state index in [0.717, 1.165) is 0 Å².